The molecule has 2 atom stereocenters. The lowest BCUT2D eigenvalue weighted by atomic mass is 9.91. The van der Waals surface area contributed by atoms with Gasteiger partial charge in [0.2, 0.25) is 23.6 Å². The number of allylic oxidation sites excluding steroid dienone is 2. The van der Waals surface area contributed by atoms with Crippen molar-refractivity contribution in [2.24, 2.45) is 11.8 Å². The highest BCUT2D eigenvalue weighted by atomic mass is 16.4. The summed E-state index contributed by atoms with van der Waals surface area (Å²) in [6.07, 6.45) is 7.00. The molecule has 2 heterocycles. The number of hydrogen-bond donors (Lipinski definition) is 1. The molecular formula is C23H15N3O5. The first kappa shape index (κ1) is 18.7. The van der Waals surface area contributed by atoms with Crippen molar-refractivity contribution in [1.29, 1.82) is 0 Å². The van der Waals surface area contributed by atoms with Crippen molar-refractivity contribution in [3.8, 4) is 22.9 Å². The van der Waals surface area contributed by atoms with Crippen molar-refractivity contribution in [2.75, 3.05) is 4.90 Å². The molecule has 1 N–H and O–H groups in total. The number of fused-ring (bicyclic) bond motifs is 1. The van der Waals surface area contributed by atoms with Crippen LogP contribution in [0.15, 0.2) is 77.3 Å². The average molecular weight is 413 g/mol. The quantitative estimate of drug-likeness (QED) is 0.653. The molecule has 1 saturated heterocycles. The first-order valence-corrected chi connectivity index (χ1v) is 9.54. The third-order valence-electron chi connectivity index (χ3n) is 5.33. The molecule has 1 aliphatic carbocycles. The molecule has 0 spiro atoms. The largest absolute Gasteiger partial charge is 0.478 e. The maximum atomic E-state index is 13.0. The maximum absolute atomic E-state index is 13.0. The van der Waals surface area contributed by atoms with E-state index in [0.29, 0.717) is 16.8 Å². The van der Waals surface area contributed by atoms with E-state index >= 15 is 0 Å². The van der Waals surface area contributed by atoms with Gasteiger partial charge in [-0.1, -0.05) is 36.4 Å². The second kappa shape index (κ2) is 7.17. The van der Waals surface area contributed by atoms with Gasteiger partial charge < -0.3 is 9.52 Å². The average Bonchev–Trinajstić information content (AvgIpc) is 3.38. The van der Waals surface area contributed by atoms with E-state index in [1.165, 1.54) is 17.0 Å². The summed E-state index contributed by atoms with van der Waals surface area (Å²) in [6.45, 7) is 0. The molecule has 2 unspecified atom stereocenters. The third-order valence-corrected chi connectivity index (χ3v) is 5.33. The molecule has 2 aromatic carbocycles. The van der Waals surface area contributed by atoms with Crippen molar-refractivity contribution in [2.45, 2.75) is 0 Å². The van der Waals surface area contributed by atoms with Crippen LogP contribution in [0.2, 0.25) is 0 Å². The number of hydrogen-bond acceptors (Lipinski definition) is 6. The maximum Gasteiger partial charge on any atom is 0.335 e. The number of aromatic carboxylic acids is 1. The zero-order chi connectivity index (χ0) is 21.5. The molecule has 8 heteroatoms. The second-order valence-corrected chi connectivity index (χ2v) is 7.15. The van der Waals surface area contributed by atoms with Gasteiger partial charge in [0, 0.05) is 5.56 Å². The van der Waals surface area contributed by atoms with Gasteiger partial charge in [-0.2, -0.15) is 0 Å². The van der Waals surface area contributed by atoms with Crippen LogP contribution in [-0.4, -0.2) is 33.1 Å². The topological polar surface area (TPSA) is 114 Å². The van der Waals surface area contributed by atoms with Gasteiger partial charge in [-0.15, -0.1) is 10.2 Å². The summed E-state index contributed by atoms with van der Waals surface area (Å²) in [5.41, 5.74) is 1.53. The normalized spacial score (nSPS) is 19.7. The summed E-state index contributed by atoms with van der Waals surface area (Å²) in [5, 5.41) is 17.2. The van der Waals surface area contributed by atoms with Crippen molar-refractivity contribution < 1.29 is 23.9 Å². The molecule has 2 aliphatic rings. The van der Waals surface area contributed by atoms with Gasteiger partial charge in [-0.25, -0.2) is 9.69 Å². The van der Waals surface area contributed by atoms with Crippen molar-refractivity contribution in [3.05, 3.63) is 78.4 Å². The van der Waals surface area contributed by atoms with Crippen LogP contribution >= 0.6 is 0 Å². The number of aromatic nitrogens is 2. The van der Waals surface area contributed by atoms with E-state index in [4.69, 9.17) is 9.52 Å². The fourth-order valence-corrected chi connectivity index (χ4v) is 3.78. The van der Waals surface area contributed by atoms with E-state index in [-0.39, 0.29) is 29.2 Å². The second-order valence-electron chi connectivity index (χ2n) is 7.15. The smallest absolute Gasteiger partial charge is 0.335 e. The Hall–Kier alpha value is -4.33. The SMILES string of the molecule is O=C(O)c1ccc(-c2nnc(-c3ccccc3N3C(=O)C4C=CC=CC4C3=O)o2)cc1. The number of anilines is 1. The molecule has 31 heavy (non-hydrogen) atoms. The molecule has 152 valence electrons. The Morgan fingerprint density at radius 3 is 2.13 bits per heavy atom. The molecule has 5 rings (SSSR count). The van der Waals surface area contributed by atoms with Gasteiger partial charge in [0.25, 0.3) is 0 Å². The van der Waals surface area contributed by atoms with Crippen LogP contribution in [0.5, 0.6) is 0 Å². The number of carbonyl (C=O) groups is 3. The van der Waals surface area contributed by atoms with Gasteiger partial charge in [-0.05, 0) is 36.4 Å². The van der Waals surface area contributed by atoms with Crippen LogP contribution in [-0.2, 0) is 9.59 Å². The van der Waals surface area contributed by atoms with Crippen LogP contribution in [0.1, 0.15) is 10.4 Å². The van der Waals surface area contributed by atoms with Crippen molar-refractivity contribution in [3.63, 3.8) is 0 Å². The van der Waals surface area contributed by atoms with Gasteiger partial charge in [-0.3, -0.25) is 9.59 Å². The molecule has 0 radical (unpaired) electrons. The number of carboxylic acids is 1. The molecule has 0 bridgehead atoms. The van der Waals surface area contributed by atoms with Crippen molar-refractivity contribution in [1.82, 2.24) is 10.2 Å². The van der Waals surface area contributed by atoms with Crippen LogP contribution in [0.4, 0.5) is 5.69 Å². The summed E-state index contributed by atoms with van der Waals surface area (Å²) in [5.74, 6) is -2.32. The van der Waals surface area contributed by atoms with Gasteiger partial charge in [0.1, 0.15) is 0 Å². The molecule has 1 aromatic heterocycles. The van der Waals surface area contributed by atoms with E-state index in [9.17, 15) is 14.4 Å². The predicted octanol–water partition coefficient (Wildman–Crippen LogP) is 3.33. The lowest BCUT2D eigenvalue weighted by Gasteiger charge is -2.17. The molecule has 2 amide bonds. The van der Waals surface area contributed by atoms with Gasteiger partial charge in [0.05, 0.1) is 28.7 Å². The summed E-state index contributed by atoms with van der Waals surface area (Å²) < 4.78 is 5.80. The van der Waals surface area contributed by atoms with E-state index in [1.807, 2.05) is 0 Å². The Morgan fingerprint density at radius 2 is 1.48 bits per heavy atom. The molecule has 8 nitrogen and oxygen atoms in total. The Balaban J connectivity index is 1.52. The number of rotatable bonds is 4. The highest BCUT2D eigenvalue weighted by Gasteiger charge is 2.47. The van der Waals surface area contributed by atoms with Crippen LogP contribution in [0, 0.1) is 11.8 Å². The summed E-state index contributed by atoms with van der Waals surface area (Å²) in [6, 6.07) is 12.9. The Kier molecular flexibility index (Phi) is 4.32. The highest BCUT2D eigenvalue weighted by molar-refractivity contribution is 6.24. The number of para-hydroxylation sites is 1. The van der Waals surface area contributed by atoms with Crippen LogP contribution in [0.25, 0.3) is 22.9 Å². The Labute approximate surface area is 176 Å². The summed E-state index contributed by atoms with van der Waals surface area (Å²) >= 11 is 0. The predicted molar refractivity (Wildman–Crippen MR) is 110 cm³/mol. The number of carbonyl (C=O) groups excluding carboxylic acids is 2. The van der Waals surface area contributed by atoms with Gasteiger partial charge >= 0.3 is 5.97 Å². The number of carboxylic acid groups (broad SMARTS) is 1. The third kappa shape index (κ3) is 3.05. The minimum atomic E-state index is -1.03. The zero-order valence-electron chi connectivity index (χ0n) is 16.0. The minimum Gasteiger partial charge on any atom is -0.478 e. The first-order valence-electron chi connectivity index (χ1n) is 9.54. The van der Waals surface area contributed by atoms with E-state index in [0.717, 1.165) is 0 Å². The fourth-order valence-electron chi connectivity index (χ4n) is 3.78. The highest BCUT2D eigenvalue weighted by Crippen LogP contribution is 2.39. The molecule has 1 aliphatic heterocycles. The Bertz CT molecular complexity index is 1240. The number of amides is 2. The Morgan fingerprint density at radius 1 is 0.871 bits per heavy atom. The minimum absolute atomic E-state index is 0.143. The fraction of sp³-hybridized carbons (Fsp3) is 0.0870. The van der Waals surface area contributed by atoms with E-state index in [2.05, 4.69) is 10.2 Å². The standard InChI is InChI=1S/C23H15N3O5/c27-21-15-5-1-2-6-16(15)22(28)26(21)18-8-4-3-7-17(18)20-25-24-19(31-20)13-9-11-14(12-10-13)23(29)30/h1-12,15-16H,(H,29,30). The van der Waals surface area contributed by atoms with Crippen LogP contribution in [0.3, 0.4) is 0 Å². The van der Waals surface area contributed by atoms with Gasteiger partial charge in [0.15, 0.2) is 0 Å². The number of nitrogens with zero attached hydrogens (tertiary/aromatic N) is 3. The summed E-state index contributed by atoms with van der Waals surface area (Å²) in [4.78, 5) is 38.1. The van der Waals surface area contributed by atoms with Crippen LogP contribution < -0.4 is 4.90 Å². The molecule has 3 aromatic rings. The van der Waals surface area contributed by atoms with Crippen molar-refractivity contribution >= 4 is 23.5 Å². The first-order chi connectivity index (χ1) is 15.0. The lowest BCUT2D eigenvalue weighted by Crippen LogP contribution is -2.31. The molecule has 0 saturated carbocycles. The van der Waals surface area contributed by atoms with E-state index < -0.39 is 17.8 Å². The van der Waals surface area contributed by atoms with E-state index in [1.54, 1.807) is 60.7 Å². The number of benzene rings is 2. The monoisotopic (exact) mass is 413 g/mol. The molecular weight excluding hydrogens is 398 g/mol. The molecule has 1 fully saturated rings. The zero-order valence-corrected chi connectivity index (χ0v) is 16.0. The lowest BCUT2D eigenvalue weighted by molar-refractivity contribution is -0.122. The summed E-state index contributed by atoms with van der Waals surface area (Å²) in [7, 11) is 0. The number of imide groups is 1.